The van der Waals surface area contributed by atoms with Crippen molar-refractivity contribution in [3.8, 4) is 6.07 Å². The summed E-state index contributed by atoms with van der Waals surface area (Å²) in [5.41, 5.74) is -6.25. The summed E-state index contributed by atoms with van der Waals surface area (Å²) >= 11 is 0.703. The van der Waals surface area contributed by atoms with Gasteiger partial charge in [-0.25, -0.2) is 0 Å². The number of alkyl halides is 6. The van der Waals surface area contributed by atoms with Crippen molar-refractivity contribution in [3.05, 3.63) is 33.4 Å². The molecule has 2 aliphatic heterocycles. The smallest absolute Gasteiger partial charge is 0.354 e. The van der Waals surface area contributed by atoms with Crippen LogP contribution in [-0.2, 0) is 0 Å². The summed E-state index contributed by atoms with van der Waals surface area (Å²) < 4.78 is 87.2. The minimum atomic E-state index is -5.59. The number of rotatable bonds is 0. The van der Waals surface area contributed by atoms with Crippen LogP contribution in [0.15, 0.2) is 38.4 Å². The Kier molecular flexibility index (Phi) is 3.12. The molecule has 4 aliphatic rings. The van der Waals surface area contributed by atoms with Gasteiger partial charge in [0, 0.05) is 23.1 Å². The normalized spacial score (nSPS) is 37.6. The van der Waals surface area contributed by atoms with Crippen LogP contribution in [0, 0.1) is 11.3 Å². The van der Waals surface area contributed by atoms with E-state index in [1.165, 1.54) is 32.7 Å². The van der Waals surface area contributed by atoms with E-state index >= 15 is 0 Å². The molecule has 10 heteroatoms. The topological polar surface area (TPSA) is 39.4 Å². The molecule has 0 aromatic heterocycles. The second-order valence-corrected chi connectivity index (χ2v) is 8.50. The van der Waals surface area contributed by atoms with E-state index in [1.54, 1.807) is 0 Å². The second kappa shape index (κ2) is 4.57. The molecule has 0 spiro atoms. The van der Waals surface area contributed by atoms with Gasteiger partial charge < -0.3 is 4.90 Å². The number of aliphatic imine (C=N–C) groups is 1. The molecule has 0 amide bonds. The van der Waals surface area contributed by atoms with Crippen LogP contribution in [0.3, 0.4) is 0 Å². The average molecular weight is 405 g/mol. The fourth-order valence-electron chi connectivity index (χ4n) is 4.45. The first-order chi connectivity index (χ1) is 12.2. The van der Waals surface area contributed by atoms with E-state index in [9.17, 15) is 31.6 Å². The Morgan fingerprint density at radius 3 is 2.19 bits per heavy atom. The monoisotopic (exact) mass is 405 g/mol. The van der Waals surface area contributed by atoms with Crippen molar-refractivity contribution in [1.29, 1.82) is 5.26 Å². The van der Waals surface area contributed by atoms with Gasteiger partial charge in [0.05, 0.1) is 10.6 Å². The van der Waals surface area contributed by atoms with E-state index in [4.69, 9.17) is 0 Å². The van der Waals surface area contributed by atoms with Gasteiger partial charge in [-0.3, -0.25) is 4.99 Å². The van der Waals surface area contributed by atoms with Crippen molar-refractivity contribution in [2.24, 2.45) is 4.99 Å². The zero-order valence-electron chi connectivity index (χ0n) is 14.6. The molecule has 2 heterocycles. The Hall–Kier alpha value is -1.89. The van der Waals surface area contributed by atoms with Gasteiger partial charge in [-0.05, 0) is 32.4 Å². The van der Waals surface area contributed by atoms with E-state index < -0.39 is 45.6 Å². The van der Waals surface area contributed by atoms with Crippen molar-refractivity contribution in [2.75, 3.05) is 7.05 Å². The van der Waals surface area contributed by atoms with Crippen molar-refractivity contribution < 1.29 is 26.3 Å². The molecule has 2 aliphatic carbocycles. The first-order valence-electron chi connectivity index (χ1n) is 7.93. The van der Waals surface area contributed by atoms with Crippen molar-refractivity contribution >= 4 is 16.8 Å². The van der Waals surface area contributed by atoms with Crippen LogP contribution in [0.5, 0.6) is 0 Å². The van der Waals surface area contributed by atoms with Gasteiger partial charge in [-0.2, -0.15) is 31.6 Å². The molecule has 4 rings (SSSR count). The third-order valence-corrected chi connectivity index (χ3v) is 7.33. The lowest BCUT2D eigenvalue weighted by atomic mass is 9.67. The molecule has 0 bridgehead atoms. The summed E-state index contributed by atoms with van der Waals surface area (Å²) in [5.74, 6) is -15.7. The minimum Gasteiger partial charge on any atom is -0.354 e. The quantitative estimate of drug-likeness (QED) is 0.557. The Labute approximate surface area is 155 Å². The molecule has 27 heavy (non-hydrogen) atoms. The van der Waals surface area contributed by atoms with Gasteiger partial charge >= 0.3 is 17.8 Å². The number of likely N-dealkylation sites (N-methyl/N-ethyl adjacent to an activating group) is 1. The van der Waals surface area contributed by atoms with E-state index in [1.807, 2.05) is 6.07 Å². The maximum absolute atomic E-state index is 14.7. The number of halogens is 6. The Bertz CT molecular complexity index is 970. The van der Waals surface area contributed by atoms with Crippen LogP contribution >= 0.6 is 11.8 Å². The summed E-state index contributed by atoms with van der Waals surface area (Å²) in [6, 6.07) is 1.81. The predicted octanol–water partition coefficient (Wildman–Crippen LogP) is 4.51. The Morgan fingerprint density at radius 1 is 1.07 bits per heavy atom. The lowest BCUT2D eigenvalue weighted by Gasteiger charge is -2.50. The van der Waals surface area contributed by atoms with Crippen LogP contribution in [0.4, 0.5) is 26.3 Å². The molecule has 0 N–H and O–H groups in total. The highest BCUT2D eigenvalue weighted by molar-refractivity contribution is 8.17. The molecule has 2 unspecified atom stereocenters. The van der Waals surface area contributed by atoms with Crippen molar-refractivity contribution in [1.82, 2.24) is 4.90 Å². The summed E-state index contributed by atoms with van der Waals surface area (Å²) in [7, 11) is 1.44. The van der Waals surface area contributed by atoms with Crippen LogP contribution < -0.4 is 0 Å². The van der Waals surface area contributed by atoms with E-state index in [-0.39, 0.29) is 10.6 Å². The van der Waals surface area contributed by atoms with E-state index in [2.05, 4.69) is 4.99 Å². The fourth-order valence-corrected chi connectivity index (χ4v) is 5.75. The Balaban J connectivity index is 2.22. The average Bonchev–Trinajstić information content (AvgIpc) is 3.03. The Morgan fingerprint density at radius 2 is 1.63 bits per heavy atom. The minimum absolute atomic E-state index is 0.0825. The van der Waals surface area contributed by atoms with Crippen LogP contribution in [0.2, 0.25) is 0 Å². The lowest BCUT2D eigenvalue weighted by molar-refractivity contribution is -0.258. The molecule has 0 aromatic rings. The SMILES string of the molecule is CC1=NC2(C)C(=C3C(=C4C=C(C#N)N(C)C42C)C(F)(F)C(F)(F)C3(F)F)S1. The van der Waals surface area contributed by atoms with Gasteiger partial charge in [0.15, 0.2) is 0 Å². The maximum Gasteiger partial charge on any atom is 0.380 e. The third-order valence-electron chi connectivity index (χ3n) is 6.14. The highest BCUT2D eigenvalue weighted by Gasteiger charge is 2.84. The molecular weight excluding hydrogens is 392 g/mol. The number of nitrogens with zero attached hydrogens (tertiary/aromatic N) is 3. The number of thioether (sulfide) groups is 1. The van der Waals surface area contributed by atoms with E-state index in [0.717, 1.165) is 6.08 Å². The van der Waals surface area contributed by atoms with E-state index in [0.29, 0.717) is 16.8 Å². The molecule has 1 saturated carbocycles. The summed E-state index contributed by atoms with van der Waals surface area (Å²) in [6.07, 6.45) is 0.997. The predicted molar refractivity (Wildman–Crippen MR) is 87.9 cm³/mol. The first kappa shape index (κ1) is 18.5. The van der Waals surface area contributed by atoms with Gasteiger partial charge in [-0.15, -0.1) is 0 Å². The lowest BCUT2D eigenvalue weighted by Crippen LogP contribution is -2.59. The standard InChI is InChI=1S/C17H13F6N3S/c1-7-25-13(2)12(27-7)11-10(15(18,19)17(22,23)16(11,20)21)9-5-8(6-24)26(4)14(9,13)3/h5H,1-4H3. The zero-order valence-corrected chi connectivity index (χ0v) is 15.4. The number of allylic oxidation sites excluding steroid dienone is 3. The molecule has 0 saturated heterocycles. The molecule has 144 valence electrons. The van der Waals surface area contributed by atoms with Crippen LogP contribution in [0.25, 0.3) is 0 Å². The highest BCUT2D eigenvalue weighted by atomic mass is 32.2. The number of nitriles is 1. The number of hydrogen-bond acceptors (Lipinski definition) is 4. The first-order valence-corrected chi connectivity index (χ1v) is 8.75. The number of hydrogen-bond donors (Lipinski definition) is 0. The third kappa shape index (κ3) is 1.59. The molecular formula is C17H13F6N3S. The van der Waals surface area contributed by atoms with Gasteiger partial charge in [-0.1, -0.05) is 11.8 Å². The zero-order chi connectivity index (χ0) is 20.4. The largest absolute Gasteiger partial charge is 0.380 e. The second-order valence-electron chi connectivity index (χ2n) is 7.29. The van der Waals surface area contributed by atoms with Crippen molar-refractivity contribution in [2.45, 2.75) is 49.6 Å². The van der Waals surface area contributed by atoms with Crippen molar-refractivity contribution in [3.63, 3.8) is 0 Å². The summed E-state index contributed by atoms with van der Waals surface area (Å²) in [6.45, 7) is 4.41. The molecule has 0 aromatic carbocycles. The molecule has 3 nitrogen and oxygen atoms in total. The number of fused-ring (bicyclic) bond motifs is 4. The van der Waals surface area contributed by atoms with Gasteiger partial charge in [0.25, 0.3) is 0 Å². The molecule has 1 fully saturated rings. The van der Waals surface area contributed by atoms with Gasteiger partial charge in [0.1, 0.15) is 17.3 Å². The summed E-state index contributed by atoms with van der Waals surface area (Å²) in [5, 5.41) is 9.63. The van der Waals surface area contributed by atoms with Crippen LogP contribution in [0.1, 0.15) is 20.8 Å². The maximum atomic E-state index is 14.7. The highest BCUT2D eigenvalue weighted by Crippen LogP contribution is 2.71. The summed E-state index contributed by atoms with van der Waals surface area (Å²) in [4.78, 5) is 5.41. The molecule has 0 radical (unpaired) electrons. The van der Waals surface area contributed by atoms with Crippen LogP contribution in [-0.4, -0.2) is 45.8 Å². The molecule has 2 atom stereocenters. The fraction of sp³-hybridized carbons (Fsp3) is 0.529. The van der Waals surface area contributed by atoms with Gasteiger partial charge in [0.2, 0.25) is 0 Å².